The van der Waals surface area contributed by atoms with E-state index in [1.54, 1.807) is 0 Å². The Hall–Kier alpha value is -0.300. The van der Waals surface area contributed by atoms with Gasteiger partial charge in [0.05, 0.1) is 5.60 Å². The summed E-state index contributed by atoms with van der Waals surface area (Å²) in [5.74, 6) is 0.453. The fourth-order valence-electron chi connectivity index (χ4n) is 1.96. The van der Waals surface area contributed by atoms with E-state index in [0.717, 1.165) is 12.8 Å². The third-order valence-electron chi connectivity index (χ3n) is 2.82. The first-order chi connectivity index (χ1) is 5.17. The molecule has 0 unspecified atom stereocenters. The summed E-state index contributed by atoms with van der Waals surface area (Å²) in [5.41, 5.74) is -0.424. The molecule has 0 aliphatic heterocycles. The first-order valence-corrected chi connectivity index (χ1v) is 4.50. The minimum Gasteiger partial charge on any atom is -0.390 e. The van der Waals surface area contributed by atoms with Gasteiger partial charge in [-0.15, -0.1) is 6.58 Å². The van der Waals surface area contributed by atoms with Gasteiger partial charge in [0.1, 0.15) is 0 Å². The van der Waals surface area contributed by atoms with Gasteiger partial charge in [-0.1, -0.05) is 18.9 Å². The molecule has 1 fully saturated rings. The lowest BCUT2D eigenvalue weighted by molar-refractivity contribution is -0.0303. The summed E-state index contributed by atoms with van der Waals surface area (Å²) in [6.45, 7) is 5.67. The summed E-state index contributed by atoms with van der Waals surface area (Å²) >= 11 is 0. The third-order valence-corrected chi connectivity index (χ3v) is 2.82. The van der Waals surface area contributed by atoms with E-state index in [0.29, 0.717) is 5.92 Å². The maximum Gasteiger partial charge on any atom is 0.0650 e. The molecule has 0 saturated heterocycles. The van der Waals surface area contributed by atoms with Gasteiger partial charge in [0.25, 0.3) is 0 Å². The Morgan fingerprint density at radius 2 is 2.36 bits per heavy atom. The molecule has 0 heterocycles. The molecule has 0 radical (unpaired) electrons. The fraction of sp³-hybridized carbons (Fsp3) is 0.800. The van der Waals surface area contributed by atoms with E-state index >= 15 is 0 Å². The van der Waals surface area contributed by atoms with Crippen molar-refractivity contribution in [2.75, 3.05) is 0 Å². The molecule has 1 N–H and O–H groups in total. The Bertz CT molecular complexity index is 138. The Kier molecular flexibility index (Phi) is 2.72. The summed E-state index contributed by atoms with van der Waals surface area (Å²) in [5, 5.41) is 9.92. The second-order valence-electron chi connectivity index (χ2n) is 3.82. The van der Waals surface area contributed by atoms with Crippen LogP contribution in [0.15, 0.2) is 12.7 Å². The standard InChI is InChI=1S/C10H18O/c1-3-6-9-7-4-5-8-10(9,2)11/h3,9,11H,1,4-8H2,2H3/t9-,10-/m1/s1. The van der Waals surface area contributed by atoms with Gasteiger partial charge >= 0.3 is 0 Å². The van der Waals surface area contributed by atoms with Crippen LogP contribution >= 0.6 is 0 Å². The van der Waals surface area contributed by atoms with Crippen molar-refractivity contribution in [1.29, 1.82) is 0 Å². The van der Waals surface area contributed by atoms with Crippen LogP contribution < -0.4 is 0 Å². The van der Waals surface area contributed by atoms with Crippen LogP contribution in [0.25, 0.3) is 0 Å². The van der Waals surface area contributed by atoms with Crippen LogP contribution in [0.5, 0.6) is 0 Å². The predicted octanol–water partition coefficient (Wildman–Crippen LogP) is 2.50. The van der Waals surface area contributed by atoms with E-state index in [9.17, 15) is 5.11 Å². The SMILES string of the molecule is C=CC[C@@H]1CCCC[C@@]1(C)O. The molecule has 0 amide bonds. The first-order valence-electron chi connectivity index (χ1n) is 4.50. The number of aliphatic hydroxyl groups is 1. The molecule has 0 aromatic carbocycles. The largest absolute Gasteiger partial charge is 0.390 e. The summed E-state index contributed by atoms with van der Waals surface area (Å²) in [4.78, 5) is 0. The van der Waals surface area contributed by atoms with Gasteiger partial charge in [-0.3, -0.25) is 0 Å². The number of hydrogen-bond donors (Lipinski definition) is 1. The minimum atomic E-state index is -0.424. The minimum absolute atomic E-state index is 0.424. The van der Waals surface area contributed by atoms with Gasteiger partial charge in [-0.25, -0.2) is 0 Å². The van der Waals surface area contributed by atoms with Crippen LogP contribution in [-0.4, -0.2) is 10.7 Å². The van der Waals surface area contributed by atoms with Crippen molar-refractivity contribution in [3.05, 3.63) is 12.7 Å². The van der Waals surface area contributed by atoms with Crippen LogP contribution in [0.3, 0.4) is 0 Å². The molecule has 1 rings (SSSR count). The van der Waals surface area contributed by atoms with Crippen molar-refractivity contribution in [1.82, 2.24) is 0 Å². The second-order valence-corrected chi connectivity index (χ2v) is 3.82. The molecule has 0 aromatic heterocycles. The highest BCUT2D eigenvalue weighted by Crippen LogP contribution is 2.35. The summed E-state index contributed by atoms with van der Waals surface area (Å²) in [6.07, 6.45) is 7.47. The Labute approximate surface area is 69.1 Å². The van der Waals surface area contributed by atoms with Crippen molar-refractivity contribution in [3.8, 4) is 0 Å². The molecule has 1 saturated carbocycles. The van der Waals surface area contributed by atoms with Crippen LogP contribution in [0.1, 0.15) is 39.0 Å². The van der Waals surface area contributed by atoms with Gasteiger partial charge < -0.3 is 5.11 Å². The maximum absolute atomic E-state index is 9.92. The van der Waals surface area contributed by atoms with E-state index in [2.05, 4.69) is 6.58 Å². The van der Waals surface area contributed by atoms with Gasteiger partial charge in [0.15, 0.2) is 0 Å². The van der Waals surface area contributed by atoms with E-state index in [1.807, 2.05) is 13.0 Å². The highest BCUT2D eigenvalue weighted by Gasteiger charge is 2.32. The smallest absolute Gasteiger partial charge is 0.0650 e. The second kappa shape index (κ2) is 3.40. The summed E-state index contributed by atoms with van der Waals surface area (Å²) < 4.78 is 0. The summed E-state index contributed by atoms with van der Waals surface area (Å²) in [6, 6.07) is 0. The Morgan fingerprint density at radius 1 is 1.64 bits per heavy atom. The van der Waals surface area contributed by atoms with Crippen molar-refractivity contribution < 1.29 is 5.11 Å². The van der Waals surface area contributed by atoms with Crippen LogP contribution in [0.2, 0.25) is 0 Å². The lowest BCUT2D eigenvalue weighted by Gasteiger charge is -2.36. The van der Waals surface area contributed by atoms with Gasteiger partial charge in [-0.05, 0) is 32.1 Å². The highest BCUT2D eigenvalue weighted by atomic mass is 16.3. The third kappa shape index (κ3) is 2.06. The number of allylic oxidation sites excluding steroid dienone is 1. The zero-order chi connectivity index (χ0) is 8.32. The zero-order valence-corrected chi connectivity index (χ0v) is 7.34. The Morgan fingerprint density at radius 3 is 2.91 bits per heavy atom. The average molecular weight is 154 g/mol. The van der Waals surface area contributed by atoms with E-state index in [1.165, 1.54) is 19.3 Å². The molecule has 1 aliphatic rings. The maximum atomic E-state index is 9.92. The van der Waals surface area contributed by atoms with Crippen molar-refractivity contribution in [3.63, 3.8) is 0 Å². The first kappa shape index (κ1) is 8.79. The molecule has 1 nitrogen and oxygen atoms in total. The number of hydrogen-bond acceptors (Lipinski definition) is 1. The molecule has 0 aromatic rings. The number of rotatable bonds is 2. The quantitative estimate of drug-likeness (QED) is 0.606. The van der Waals surface area contributed by atoms with Crippen molar-refractivity contribution >= 4 is 0 Å². The van der Waals surface area contributed by atoms with Gasteiger partial charge in [-0.2, -0.15) is 0 Å². The fourth-order valence-corrected chi connectivity index (χ4v) is 1.96. The molecule has 0 bridgehead atoms. The molecular weight excluding hydrogens is 136 g/mol. The van der Waals surface area contributed by atoms with E-state index in [4.69, 9.17) is 0 Å². The predicted molar refractivity (Wildman–Crippen MR) is 47.4 cm³/mol. The van der Waals surface area contributed by atoms with Crippen molar-refractivity contribution in [2.24, 2.45) is 5.92 Å². The zero-order valence-electron chi connectivity index (χ0n) is 7.34. The van der Waals surface area contributed by atoms with Gasteiger partial charge in [0, 0.05) is 0 Å². The van der Waals surface area contributed by atoms with Gasteiger partial charge in [0.2, 0.25) is 0 Å². The average Bonchev–Trinajstić information content (AvgIpc) is 1.94. The van der Waals surface area contributed by atoms with Crippen molar-refractivity contribution in [2.45, 2.75) is 44.6 Å². The molecule has 0 spiro atoms. The van der Waals surface area contributed by atoms with E-state index in [-0.39, 0.29) is 0 Å². The van der Waals surface area contributed by atoms with Crippen LogP contribution in [-0.2, 0) is 0 Å². The van der Waals surface area contributed by atoms with Crippen LogP contribution in [0.4, 0.5) is 0 Å². The summed E-state index contributed by atoms with van der Waals surface area (Å²) in [7, 11) is 0. The topological polar surface area (TPSA) is 20.2 Å². The van der Waals surface area contributed by atoms with E-state index < -0.39 is 5.60 Å². The lowest BCUT2D eigenvalue weighted by atomic mass is 9.75. The lowest BCUT2D eigenvalue weighted by Crippen LogP contribution is -2.37. The Balaban J connectivity index is 2.52. The molecule has 1 heteroatoms. The molecule has 11 heavy (non-hydrogen) atoms. The molecule has 64 valence electrons. The molecular formula is C10H18O. The highest BCUT2D eigenvalue weighted by molar-refractivity contribution is 4.89. The monoisotopic (exact) mass is 154 g/mol. The molecule has 2 atom stereocenters. The van der Waals surface area contributed by atoms with Crippen LogP contribution in [0, 0.1) is 5.92 Å². The normalized spacial score (nSPS) is 38.5. The molecule has 1 aliphatic carbocycles.